The van der Waals surface area contributed by atoms with Crippen molar-refractivity contribution in [2.45, 2.75) is 11.7 Å². The maximum absolute atomic E-state index is 13.4. The van der Waals surface area contributed by atoms with Crippen LogP contribution in [0.25, 0.3) is 11.0 Å². The molecule has 0 aliphatic carbocycles. The van der Waals surface area contributed by atoms with Gasteiger partial charge in [0.25, 0.3) is 0 Å². The summed E-state index contributed by atoms with van der Waals surface area (Å²) in [5, 5.41) is 13.1. The minimum Gasteiger partial charge on any atom is -0.481 e. The number of fused-ring (bicyclic) bond motifs is 1. The summed E-state index contributed by atoms with van der Waals surface area (Å²) in [6.07, 6.45) is 1.44. The lowest BCUT2D eigenvalue weighted by Gasteiger charge is -2.05. The van der Waals surface area contributed by atoms with Crippen molar-refractivity contribution in [2.24, 2.45) is 0 Å². The molecule has 2 heterocycles. The lowest BCUT2D eigenvalue weighted by Crippen LogP contribution is -2.04. The number of rotatable bonds is 5. The standard InChI is InChI=1S/C13H10FN3O3S/c14-8-1-2-10-11(5-8)17(6-9-3-4-20-16-9)13(15-10)21-7-12(18)19/h1-5H,6-7H2,(H,18,19). The first kappa shape index (κ1) is 13.6. The van der Waals surface area contributed by atoms with Gasteiger partial charge in [-0.25, -0.2) is 9.37 Å². The molecule has 21 heavy (non-hydrogen) atoms. The number of benzene rings is 1. The lowest BCUT2D eigenvalue weighted by atomic mass is 10.3. The molecule has 3 aromatic rings. The Kier molecular flexibility index (Phi) is 3.61. The summed E-state index contributed by atoms with van der Waals surface area (Å²) in [5.74, 6) is -1.44. The van der Waals surface area contributed by atoms with Gasteiger partial charge in [-0.3, -0.25) is 4.79 Å². The van der Waals surface area contributed by atoms with E-state index >= 15 is 0 Å². The zero-order valence-electron chi connectivity index (χ0n) is 10.7. The molecule has 0 unspecified atom stereocenters. The fourth-order valence-corrected chi connectivity index (χ4v) is 2.68. The summed E-state index contributed by atoms with van der Waals surface area (Å²) >= 11 is 1.08. The normalized spacial score (nSPS) is 11.1. The minimum absolute atomic E-state index is 0.120. The summed E-state index contributed by atoms with van der Waals surface area (Å²) in [6.45, 7) is 0.332. The second kappa shape index (κ2) is 5.57. The maximum Gasteiger partial charge on any atom is 0.313 e. The van der Waals surface area contributed by atoms with Crippen molar-refractivity contribution in [3.8, 4) is 0 Å². The second-order valence-corrected chi connectivity index (χ2v) is 5.23. The van der Waals surface area contributed by atoms with Crippen molar-refractivity contribution < 1.29 is 18.8 Å². The molecule has 8 heteroatoms. The van der Waals surface area contributed by atoms with Gasteiger partial charge in [0.2, 0.25) is 0 Å². The van der Waals surface area contributed by atoms with Crippen molar-refractivity contribution in [2.75, 3.05) is 5.75 Å². The Hall–Kier alpha value is -2.35. The molecule has 0 aliphatic heterocycles. The highest BCUT2D eigenvalue weighted by Crippen LogP contribution is 2.25. The van der Waals surface area contributed by atoms with Crippen molar-refractivity contribution in [1.29, 1.82) is 0 Å². The number of aromatic nitrogens is 3. The average molecular weight is 307 g/mol. The number of hydrogen-bond donors (Lipinski definition) is 1. The second-order valence-electron chi connectivity index (χ2n) is 4.29. The van der Waals surface area contributed by atoms with Gasteiger partial charge in [-0.05, 0) is 18.2 Å². The van der Waals surface area contributed by atoms with Gasteiger partial charge in [-0.2, -0.15) is 0 Å². The summed E-state index contributed by atoms with van der Waals surface area (Å²) in [5.41, 5.74) is 1.84. The van der Waals surface area contributed by atoms with Crippen molar-refractivity contribution in [1.82, 2.24) is 14.7 Å². The highest BCUT2D eigenvalue weighted by Gasteiger charge is 2.14. The number of aliphatic carboxylic acids is 1. The third-order valence-electron chi connectivity index (χ3n) is 2.81. The fraction of sp³-hybridized carbons (Fsp3) is 0.154. The van der Waals surface area contributed by atoms with Crippen molar-refractivity contribution in [3.63, 3.8) is 0 Å². The topological polar surface area (TPSA) is 81.1 Å². The van der Waals surface area contributed by atoms with E-state index in [1.807, 2.05) is 0 Å². The predicted octanol–water partition coefficient (Wildman–Crippen LogP) is 2.39. The first-order valence-corrected chi connectivity index (χ1v) is 7.01. The van der Waals surface area contributed by atoms with Crippen molar-refractivity contribution >= 4 is 28.8 Å². The highest BCUT2D eigenvalue weighted by atomic mass is 32.2. The molecule has 0 saturated carbocycles. The van der Waals surface area contributed by atoms with Crippen LogP contribution in [0.3, 0.4) is 0 Å². The van der Waals surface area contributed by atoms with Crippen LogP contribution in [0.15, 0.2) is 40.2 Å². The Bertz CT molecular complexity index is 785. The van der Waals surface area contributed by atoms with E-state index in [4.69, 9.17) is 9.63 Å². The monoisotopic (exact) mass is 307 g/mol. The number of carbonyl (C=O) groups is 1. The Labute approximate surface area is 122 Å². The summed E-state index contributed by atoms with van der Waals surface area (Å²) < 4.78 is 19.9. The van der Waals surface area contributed by atoms with E-state index in [0.717, 1.165) is 11.8 Å². The predicted molar refractivity (Wildman–Crippen MR) is 73.7 cm³/mol. The third kappa shape index (κ3) is 2.89. The van der Waals surface area contributed by atoms with Crippen LogP contribution in [0.2, 0.25) is 0 Å². The Morgan fingerprint density at radius 1 is 1.43 bits per heavy atom. The quantitative estimate of drug-likeness (QED) is 0.729. The van der Waals surface area contributed by atoms with Crippen LogP contribution in [-0.2, 0) is 11.3 Å². The fourth-order valence-electron chi connectivity index (χ4n) is 1.94. The Balaban J connectivity index is 2.04. The number of hydrogen-bond acceptors (Lipinski definition) is 5. The molecule has 1 N–H and O–H groups in total. The molecule has 0 amide bonds. The highest BCUT2D eigenvalue weighted by molar-refractivity contribution is 7.99. The molecule has 0 fully saturated rings. The number of thioether (sulfide) groups is 1. The Morgan fingerprint density at radius 2 is 2.29 bits per heavy atom. The molecular weight excluding hydrogens is 297 g/mol. The molecule has 2 aromatic heterocycles. The average Bonchev–Trinajstić information content (AvgIpc) is 3.06. The van der Waals surface area contributed by atoms with Crippen LogP contribution in [0.4, 0.5) is 4.39 Å². The molecule has 6 nitrogen and oxygen atoms in total. The van der Waals surface area contributed by atoms with Gasteiger partial charge in [0.15, 0.2) is 5.16 Å². The van der Waals surface area contributed by atoms with E-state index in [1.54, 1.807) is 16.7 Å². The van der Waals surface area contributed by atoms with Crippen LogP contribution >= 0.6 is 11.8 Å². The molecule has 0 atom stereocenters. The first-order valence-electron chi connectivity index (χ1n) is 6.03. The van der Waals surface area contributed by atoms with Gasteiger partial charge < -0.3 is 14.2 Å². The van der Waals surface area contributed by atoms with E-state index < -0.39 is 5.97 Å². The molecular formula is C13H10FN3O3S. The summed E-state index contributed by atoms with van der Waals surface area (Å²) in [4.78, 5) is 15.1. The minimum atomic E-state index is -0.939. The smallest absolute Gasteiger partial charge is 0.313 e. The number of nitrogens with zero attached hydrogens (tertiary/aromatic N) is 3. The van der Waals surface area contributed by atoms with E-state index in [0.29, 0.717) is 28.4 Å². The number of carboxylic acid groups (broad SMARTS) is 1. The third-order valence-corrected chi connectivity index (χ3v) is 3.77. The van der Waals surface area contributed by atoms with Crippen LogP contribution in [0.5, 0.6) is 0 Å². The molecule has 1 aromatic carbocycles. The molecule has 0 spiro atoms. The number of halogens is 1. The van der Waals surface area contributed by atoms with Gasteiger partial charge in [0.1, 0.15) is 17.8 Å². The number of carboxylic acids is 1. The molecule has 0 saturated heterocycles. The van der Waals surface area contributed by atoms with Gasteiger partial charge in [0.05, 0.1) is 23.3 Å². The van der Waals surface area contributed by atoms with Crippen LogP contribution in [-0.4, -0.2) is 31.5 Å². The van der Waals surface area contributed by atoms with E-state index in [2.05, 4.69) is 10.1 Å². The van der Waals surface area contributed by atoms with Gasteiger partial charge in [-0.15, -0.1) is 0 Å². The zero-order valence-corrected chi connectivity index (χ0v) is 11.5. The summed E-state index contributed by atoms with van der Waals surface area (Å²) in [7, 11) is 0. The molecule has 0 bridgehead atoms. The lowest BCUT2D eigenvalue weighted by molar-refractivity contribution is -0.133. The van der Waals surface area contributed by atoms with Crippen LogP contribution in [0.1, 0.15) is 5.69 Å². The Morgan fingerprint density at radius 3 is 3.00 bits per heavy atom. The molecule has 0 aliphatic rings. The molecule has 0 radical (unpaired) electrons. The van der Waals surface area contributed by atoms with Gasteiger partial charge >= 0.3 is 5.97 Å². The van der Waals surface area contributed by atoms with Crippen LogP contribution in [0, 0.1) is 5.82 Å². The first-order chi connectivity index (χ1) is 10.1. The van der Waals surface area contributed by atoms with Crippen LogP contribution < -0.4 is 0 Å². The van der Waals surface area contributed by atoms with E-state index in [9.17, 15) is 9.18 Å². The van der Waals surface area contributed by atoms with Gasteiger partial charge in [-0.1, -0.05) is 16.9 Å². The number of imidazole rings is 1. The van der Waals surface area contributed by atoms with E-state index in [1.165, 1.54) is 18.4 Å². The summed E-state index contributed by atoms with van der Waals surface area (Å²) in [6, 6.07) is 5.94. The van der Waals surface area contributed by atoms with E-state index in [-0.39, 0.29) is 11.6 Å². The maximum atomic E-state index is 13.4. The van der Waals surface area contributed by atoms with Crippen molar-refractivity contribution in [3.05, 3.63) is 42.0 Å². The van der Waals surface area contributed by atoms with Gasteiger partial charge in [0, 0.05) is 6.07 Å². The largest absolute Gasteiger partial charge is 0.481 e. The zero-order chi connectivity index (χ0) is 14.8. The molecule has 3 rings (SSSR count). The molecule has 108 valence electrons. The SMILES string of the molecule is O=C(O)CSc1nc2ccc(F)cc2n1Cc1ccon1.